The summed E-state index contributed by atoms with van der Waals surface area (Å²) in [5, 5.41) is 45.3. The number of aromatic nitrogens is 4. The van der Waals surface area contributed by atoms with Gasteiger partial charge in [0.2, 0.25) is 65.0 Å². The predicted octanol–water partition coefficient (Wildman–Crippen LogP) is -0.983. The summed E-state index contributed by atoms with van der Waals surface area (Å²) < 4.78 is 39.9. The van der Waals surface area contributed by atoms with Crippen LogP contribution in [0.2, 0.25) is 0 Å². The quantitative estimate of drug-likeness (QED) is 0.0363. The van der Waals surface area contributed by atoms with Crippen molar-refractivity contribution in [2.24, 2.45) is 0 Å². The molecule has 2 saturated heterocycles. The largest absolute Gasteiger partial charge is 0.497 e. The van der Waals surface area contributed by atoms with E-state index in [1.54, 1.807) is 73.8 Å². The molecular formula is C78H102FN16O16+. The highest BCUT2D eigenvalue weighted by Crippen LogP contribution is 2.32. The second-order valence-corrected chi connectivity index (χ2v) is 29.1. The Labute approximate surface area is 642 Å². The second kappa shape index (κ2) is 39.2. The Kier molecular flexibility index (Phi) is 29.3. The Morgan fingerprint density at radius 2 is 1.48 bits per heavy atom. The van der Waals surface area contributed by atoms with E-state index in [1.165, 1.54) is 64.7 Å². The lowest BCUT2D eigenvalue weighted by atomic mass is 9.95. The number of carbonyl (C=O) groups is 11. The third-order valence-electron chi connectivity index (χ3n) is 20.3. The number of amides is 11. The molecule has 6 aromatic rings. The molecule has 10 bridgehead atoms. The first-order valence-corrected chi connectivity index (χ1v) is 37.7. The van der Waals surface area contributed by atoms with Crippen molar-refractivity contribution in [3.8, 4) is 5.75 Å². The minimum Gasteiger partial charge on any atom is -0.497 e. The fourth-order valence-electron chi connectivity index (χ4n) is 14.0. The number of quaternary nitrogens is 1. The molecule has 111 heavy (non-hydrogen) atoms. The van der Waals surface area contributed by atoms with E-state index in [0.717, 1.165) is 18.5 Å². The zero-order valence-electron chi connectivity index (χ0n) is 63.5. The monoisotopic (exact) mass is 1540 g/mol. The Balaban J connectivity index is 0.979. The fourth-order valence-corrected chi connectivity index (χ4v) is 14.0. The van der Waals surface area contributed by atoms with Crippen LogP contribution < -0.4 is 57.5 Å². The molecular weight excluding hydrogens is 1440 g/mol. The Morgan fingerprint density at radius 3 is 2.23 bits per heavy atom. The molecule has 5 aliphatic rings. The molecule has 4 aromatic carbocycles. The molecule has 11 rings (SSSR count). The van der Waals surface area contributed by atoms with Crippen LogP contribution in [0.1, 0.15) is 105 Å². The number of aromatic amines is 1. The molecule has 0 spiro atoms. The van der Waals surface area contributed by atoms with Crippen LogP contribution >= 0.6 is 0 Å². The number of aliphatic hydroxyl groups is 1. The van der Waals surface area contributed by atoms with Crippen LogP contribution in [0.3, 0.4) is 0 Å². The first-order chi connectivity index (χ1) is 53.3. The van der Waals surface area contributed by atoms with Crippen LogP contribution in [0.5, 0.6) is 5.75 Å². The van der Waals surface area contributed by atoms with Crippen molar-refractivity contribution in [2.75, 3.05) is 80.4 Å². The molecule has 0 unspecified atom stereocenters. The van der Waals surface area contributed by atoms with Crippen molar-refractivity contribution in [1.82, 2.24) is 77.6 Å². The topological polar surface area (TPSA) is 411 Å². The Hall–Kier alpha value is -10.7. The van der Waals surface area contributed by atoms with Crippen molar-refractivity contribution >= 4 is 75.9 Å². The van der Waals surface area contributed by atoms with Crippen LogP contribution in [0.25, 0.3) is 10.9 Å². The number of nitrogens with one attached hydrogen (secondary N) is 11. The number of fused-ring (bicyclic) bond motifs is 28. The summed E-state index contributed by atoms with van der Waals surface area (Å²) in [5.74, 6) is -8.63. The van der Waals surface area contributed by atoms with Gasteiger partial charge in [-0.3, -0.25) is 52.7 Å². The van der Waals surface area contributed by atoms with Gasteiger partial charge < -0.3 is 91.6 Å². The number of rotatable bonds is 18. The minimum absolute atomic E-state index is 0.00562. The van der Waals surface area contributed by atoms with Gasteiger partial charge in [-0.15, -0.1) is 5.10 Å². The number of aliphatic hydroxyl groups excluding tert-OH is 1. The van der Waals surface area contributed by atoms with E-state index in [2.05, 4.69) is 63.1 Å². The third-order valence-corrected chi connectivity index (χ3v) is 20.3. The van der Waals surface area contributed by atoms with Crippen molar-refractivity contribution in [3.63, 3.8) is 0 Å². The smallest absolute Gasteiger partial charge is 0.246 e. The van der Waals surface area contributed by atoms with Crippen molar-refractivity contribution in [2.45, 2.75) is 171 Å². The number of H-pyrrole nitrogens is 1. The Bertz CT molecular complexity index is 4270. The molecule has 0 radical (unpaired) electrons. The Morgan fingerprint density at radius 1 is 0.748 bits per heavy atom. The lowest BCUT2D eigenvalue weighted by Gasteiger charge is -2.37. The van der Waals surface area contributed by atoms with E-state index >= 15 is 28.4 Å². The van der Waals surface area contributed by atoms with Crippen LogP contribution in [0.4, 0.5) is 4.39 Å². The van der Waals surface area contributed by atoms with Crippen LogP contribution in [-0.2, 0) is 112 Å². The van der Waals surface area contributed by atoms with Crippen molar-refractivity contribution < 1.29 is 86.1 Å². The highest BCUT2D eigenvalue weighted by Gasteiger charge is 2.50. The van der Waals surface area contributed by atoms with Gasteiger partial charge in [-0.1, -0.05) is 65.9 Å². The summed E-state index contributed by atoms with van der Waals surface area (Å²) in [6.07, 6.45) is 0.699. The maximum atomic E-state index is 15.9. The molecule has 0 saturated carbocycles. The number of carbonyl (C=O) groups excluding carboxylic acids is 11. The average Bonchev–Trinajstić information content (AvgIpc) is 1.66. The minimum atomic E-state index is -1.82. The average molecular weight is 1540 g/mol. The molecule has 5 aliphatic heterocycles. The van der Waals surface area contributed by atoms with Gasteiger partial charge in [0, 0.05) is 94.8 Å². The molecule has 33 heteroatoms. The van der Waals surface area contributed by atoms with Crippen molar-refractivity contribution in [3.05, 3.63) is 148 Å². The molecule has 10 atom stereocenters. The van der Waals surface area contributed by atoms with Crippen LogP contribution in [0, 0.1) is 5.82 Å². The van der Waals surface area contributed by atoms with E-state index in [0.29, 0.717) is 76.2 Å². The number of methoxy groups -OCH3 is 1. The van der Waals surface area contributed by atoms with Gasteiger partial charge in [0.15, 0.2) is 0 Å². The highest BCUT2D eigenvalue weighted by molar-refractivity contribution is 6.00. The van der Waals surface area contributed by atoms with Gasteiger partial charge in [0.25, 0.3) is 0 Å². The van der Waals surface area contributed by atoms with Crippen LogP contribution in [-0.4, -0.2) is 240 Å². The number of nitrogens with zero attached hydrogens (tertiary/aromatic N) is 5. The number of benzene rings is 4. The summed E-state index contributed by atoms with van der Waals surface area (Å²) in [7, 11) is 5.59. The number of ether oxygens (including phenoxy) is 4. The molecule has 2 fully saturated rings. The molecule has 0 aliphatic carbocycles. The number of halogens is 1. The highest BCUT2D eigenvalue weighted by atomic mass is 19.1. The summed E-state index contributed by atoms with van der Waals surface area (Å²) >= 11 is 0. The van der Waals surface area contributed by atoms with Gasteiger partial charge >= 0.3 is 0 Å². The maximum absolute atomic E-state index is 15.9. The SMILES string of the molecule is COc1ccc(C[C@@H]2NC(=O)[C@H]([C@H](C)O)NC(=O)[C@@H]3[C@@H]4CCN3C(=O)[C@H](Cc3c[nH]c5ccc(F)cc35)NC(=O)[C@H](Cc3cccc(c3)Cn3cc(nn3)CO4)NC(=O)[C@@H](C)NC(=O)[C@H](CNC(=O)CCOCCOCCC[NH+](C)C)NC(=O)CCC(=O)NCc3ccc(cc3)CCNC(=O)[C@]3(C)CCCN3C2=O)cc1. The summed E-state index contributed by atoms with van der Waals surface area (Å²) in [5.41, 5.74) is 3.07. The molecule has 32 nitrogen and oxygen atoms in total. The van der Waals surface area contributed by atoms with Crippen LogP contribution in [0.15, 0.2) is 103 Å². The number of hydrogen-bond acceptors (Lipinski definition) is 18. The van der Waals surface area contributed by atoms with E-state index < -0.39 is 144 Å². The van der Waals surface area contributed by atoms with E-state index in [9.17, 15) is 33.9 Å². The summed E-state index contributed by atoms with van der Waals surface area (Å²) in [6, 6.07) is 14.0. The number of hydrogen-bond donors (Lipinski definition) is 12. The zero-order chi connectivity index (χ0) is 79.3. The molecule has 7 heterocycles. The summed E-state index contributed by atoms with van der Waals surface area (Å²) in [6.45, 7) is 5.89. The maximum Gasteiger partial charge on any atom is 0.246 e. The zero-order valence-corrected chi connectivity index (χ0v) is 63.5. The molecule has 596 valence electrons. The lowest BCUT2D eigenvalue weighted by molar-refractivity contribution is -0.858. The van der Waals surface area contributed by atoms with Gasteiger partial charge in [-0.05, 0) is 110 Å². The first-order valence-electron chi connectivity index (χ1n) is 37.7. The predicted molar refractivity (Wildman–Crippen MR) is 401 cm³/mol. The van der Waals surface area contributed by atoms with E-state index in [4.69, 9.17) is 18.9 Å². The molecule has 11 amide bonds. The second-order valence-electron chi connectivity index (χ2n) is 29.1. The fraction of sp³-hybridized carbons (Fsp3) is 0.500. The first kappa shape index (κ1) is 82.7. The van der Waals surface area contributed by atoms with Gasteiger partial charge in [-0.2, -0.15) is 0 Å². The standard InChI is InChI=1S/C78H101FN16O16/c1-47-70(100)86-60-38-52-10-7-11-53(36-52)44-93-45-56(90-91-93)46-111-64-25-31-94(75(105)62(87-71(60)101)39-54-42-81-59-21-18-55(79)40-58(54)59)69(64)74(104)89-68(48(2)96)73(103)88-61(37-50-16-19-57(108-6)20-17-50)76(106)95-30-8-27-78(95,3)77(107)80-28-24-49-12-14-51(15-13-49)41-82-65(97)22-23-67(99)85-63(72(102)84-47)43-83-66(98)26-33-110-35-34-109-32-9-29-92(4)5/h7,10-21,36,40,42,45,47-48,60-64,68-69,81,96H,8-9,22-35,37-39,41,43-44,46H2,1-6H3,(H,80,107)(H,82,97)(H,83,98)(H,84,102)(H,85,99)(H,86,100)(H,87,101)(H,88,103)(H,89,104)/p+1/t47-,48+,60+,61+,62+,63+,64+,68+,69+,78+/m1/s1. The summed E-state index contributed by atoms with van der Waals surface area (Å²) in [4.78, 5) is 168. The van der Waals surface area contributed by atoms with Gasteiger partial charge in [-0.25, -0.2) is 9.07 Å². The van der Waals surface area contributed by atoms with E-state index in [-0.39, 0.29) is 97.5 Å². The lowest BCUT2D eigenvalue weighted by Crippen LogP contribution is -3.05. The third kappa shape index (κ3) is 23.0. The molecule has 2 aromatic heterocycles. The van der Waals surface area contributed by atoms with Crippen molar-refractivity contribution in [1.29, 1.82) is 0 Å². The normalized spacial score (nSPS) is 23.7. The molecule has 12 N–H and O–H groups in total. The van der Waals surface area contributed by atoms with Gasteiger partial charge in [0.05, 0.1) is 85.7 Å². The van der Waals surface area contributed by atoms with E-state index in [1.807, 2.05) is 26.2 Å². The van der Waals surface area contributed by atoms with Gasteiger partial charge in [0.1, 0.15) is 65.1 Å².